The van der Waals surface area contributed by atoms with Gasteiger partial charge in [-0.3, -0.25) is 5.43 Å². The molecule has 1 aliphatic heterocycles. The molecular formula is C12H11F3N2O. The van der Waals surface area contributed by atoms with Crippen LogP contribution in [-0.4, -0.2) is 22.7 Å². The molecule has 6 heteroatoms. The highest BCUT2D eigenvalue weighted by molar-refractivity contribution is 5.99. The van der Waals surface area contributed by atoms with Crippen LogP contribution in [0.15, 0.2) is 41.5 Å². The Morgan fingerprint density at radius 2 is 1.89 bits per heavy atom. The number of allylic oxidation sites excluding steroid dienone is 1. The van der Waals surface area contributed by atoms with Gasteiger partial charge < -0.3 is 5.11 Å². The molecule has 0 spiro atoms. The Kier molecular flexibility index (Phi) is 3.13. The first-order valence-electron chi connectivity index (χ1n) is 5.27. The lowest BCUT2D eigenvalue weighted by molar-refractivity contribution is -0.266. The van der Waals surface area contributed by atoms with E-state index >= 15 is 0 Å². The van der Waals surface area contributed by atoms with E-state index in [0.29, 0.717) is 0 Å². The smallest absolute Gasteiger partial charge is 0.362 e. The van der Waals surface area contributed by atoms with Crippen LogP contribution >= 0.6 is 0 Å². The van der Waals surface area contributed by atoms with Gasteiger partial charge in [-0.15, -0.1) is 0 Å². The van der Waals surface area contributed by atoms with Gasteiger partial charge in [0, 0.05) is 0 Å². The lowest BCUT2D eigenvalue weighted by Gasteiger charge is -2.24. The summed E-state index contributed by atoms with van der Waals surface area (Å²) in [5.74, 6) is 0. The molecule has 0 fully saturated rings. The Hall–Kier alpha value is -1.82. The van der Waals surface area contributed by atoms with E-state index in [-0.39, 0.29) is 5.71 Å². The minimum atomic E-state index is -4.75. The minimum Gasteiger partial charge on any atom is -0.362 e. The predicted molar refractivity (Wildman–Crippen MR) is 61.7 cm³/mol. The van der Waals surface area contributed by atoms with Crippen molar-refractivity contribution < 1.29 is 18.3 Å². The number of hydrogen-bond acceptors (Lipinski definition) is 3. The predicted octanol–water partition coefficient (Wildman–Crippen LogP) is 2.30. The number of alkyl halides is 3. The Labute approximate surface area is 102 Å². The summed E-state index contributed by atoms with van der Waals surface area (Å²) in [6.45, 7) is 0. The third-order valence-corrected chi connectivity index (χ3v) is 2.56. The zero-order valence-electron chi connectivity index (χ0n) is 9.28. The van der Waals surface area contributed by atoms with Gasteiger partial charge in [-0.05, 0) is 11.6 Å². The zero-order chi connectivity index (χ0) is 13.2. The van der Waals surface area contributed by atoms with Crippen molar-refractivity contribution in [3.63, 3.8) is 0 Å². The van der Waals surface area contributed by atoms with E-state index < -0.39 is 18.3 Å². The number of rotatable bonds is 2. The average Bonchev–Trinajstić information content (AvgIpc) is 2.71. The largest absolute Gasteiger partial charge is 0.438 e. The standard InChI is InChI=1S/C12H11F3N2O/c13-12(14,15)11(18)8-10(16-17-11)7-6-9-4-2-1-3-5-9/h1-7,17-18H,8H2/b7-6+/t11-/m1/s1. The molecule has 1 heterocycles. The van der Waals surface area contributed by atoms with Crippen LogP contribution in [0.3, 0.4) is 0 Å². The molecule has 0 saturated carbocycles. The maximum absolute atomic E-state index is 12.5. The van der Waals surface area contributed by atoms with Crippen LogP contribution in [-0.2, 0) is 0 Å². The van der Waals surface area contributed by atoms with Crippen LogP contribution in [0, 0.1) is 0 Å². The highest BCUT2D eigenvalue weighted by Gasteiger charge is 2.56. The van der Waals surface area contributed by atoms with E-state index in [9.17, 15) is 18.3 Å². The number of nitrogens with one attached hydrogen (secondary N) is 1. The van der Waals surface area contributed by atoms with Gasteiger partial charge in [-0.2, -0.15) is 18.3 Å². The van der Waals surface area contributed by atoms with E-state index in [1.807, 2.05) is 30.3 Å². The molecule has 0 radical (unpaired) electrons. The summed E-state index contributed by atoms with van der Waals surface area (Å²) >= 11 is 0. The Bertz CT molecular complexity index is 482. The van der Waals surface area contributed by atoms with E-state index in [2.05, 4.69) is 5.10 Å². The van der Waals surface area contributed by atoms with Crippen molar-refractivity contribution >= 4 is 11.8 Å². The van der Waals surface area contributed by atoms with Crippen LogP contribution in [0.4, 0.5) is 13.2 Å². The summed E-state index contributed by atoms with van der Waals surface area (Å²) in [5, 5.41) is 12.8. The monoisotopic (exact) mass is 256 g/mol. The van der Waals surface area contributed by atoms with Gasteiger partial charge in [-0.25, -0.2) is 0 Å². The van der Waals surface area contributed by atoms with Gasteiger partial charge >= 0.3 is 6.18 Å². The third-order valence-electron chi connectivity index (χ3n) is 2.56. The van der Waals surface area contributed by atoms with E-state index in [1.54, 1.807) is 11.5 Å². The Morgan fingerprint density at radius 3 is 2.44 bits per heavy atom. The van der Waals surface area contributed by atoms with E-state index in [4.69, 9.17) is 0 Å². The maximum atomic E-state index is 12.5. The molecule has 0 unspecified atom stereocenters. The van der Waals surface area contributed by atoms with E-state index in [1.165, 1.54) is 6.08 Å². The van der Waals surface area contributed by atoms with Crippen LogP contribution in [0.1, 0.15) is 12.0 Å². The second-order valence-corrected chi connectivity index (χ2v) is 3.99. The lowest BCUT2D eigenvalue weighted by atomic mass is 10.1. The summed E-state index contributed by atoms with van der Waals surface area (Å²) in [6.07, 6.45) is -2.26. The number of hydrogen-bond donors (Lipinski definition) is 2. The fraction of sp³-hybridized carbons (Fsp3) is 0.250. The molecular weight excluding hydrogens is 245 g/mol. The third kappa shape index (κ3) is 2.53. The molecule has 2 rings (SSSR count). The fourth-order valence-corrected chi connectivity index (χ4v) is 1.52. The van der Waals surface area contributed by atoms with Crippen molar-refractivity contribution in [1.29, 1.82) is 0 Å². The normalized spacial score (nSPS) is 24.1. The molecule has 96 valence electrons. The average molecular weight is 256 g/mol. The van der Waals surface area contributed by atoms with Gasteiger partial charge in [0.2, 0.25) is 0 Å². The number of benzene rings is 1. The first-order chi connectivity index (χ1) is 8.41. The molecule has 0 aromatic heterocycles. The topological polar surface area (TPSA) is 44.6 Å². The summed E-state index contributed by atoms with van der Waals surface area (Å²) < 4.78 is 37.4. The molecule has 0 saturated heterocycles. The molecule has 0 aliphatic carbocycles. The van der Waals surface area contributed by atoms with Crippen molar-refractivity contribution in [3.8, 4) is 0 Å². The van der Waals surface area contributed by atoms with Gasteiger partial charge in [0.25, 0.3) is 5.72 Å². The first kappa shape index (κ1) is 12.6. The van der Waals surface area contributed by atoms with Gasteiger partial charge in [0.15, 0.2) is 0 Å². The second-order valence-electron chi connectivity index (χ2n) is 3.99. The molecule has 1 aromatic carbocycles. The number of hydrazone groups is 1. The number of nitrogens with zero attached hydrogens (tertiary/aromatic N) is 1. The molecule has 1 aliphatic rings. The molecule has 0 amide bonds. The van der Waals surface area contributed by atoms with Crippen LogP contribution < -0.4 is 5.43 Å². The highest BCUT2D eigenvalue weighted by atomic mass is 19.4. The Morgan fingerprint density at radius 1 is 1.22 bits per heavy atom. The van der Waals surface area contributed by atoms with Crippen LogP contribution in [0.25, 0.3) is 6.08 Å². The zero-order valence-corrected chi connectivity index (χ0v) is 9.28. The molecule has 0 bridgehead atoms. The molecule has 18 heavy (non-hydrogen) atoms. The number of aliphatic hydroxyl groups is 1. The molecule has 2 N–H and O–H groups in total. The van der Waals surface area contributed by atoms with Crippen molar-refractivity contribution in [2.45, 2.75) is 18.3 Å². The fourth-order valence-electron chi connectivity index (χ4n) is 1.52. The lowest BCUT2D eigenvalue weighted by Crippen LogP contribution is -2.52. The van der Waals surface area contributed by atoms with Crippen LogP contribution in [0.5, 0.6) is 0 Å². The molecule has 1 atom stereocenters. The maximum Gasteiger partial charge on any atom is 0.438 e. The first-order valence-corrected chi connectivity index (χ1v) is 5.27. The quantitative estimate of drug-likeness (QED) is 0.852. The molecule has 3 nitrogen and oxygen atoms in total. The summed E-state index contributed by atoms with van der Waals surface area (Å²) in [5.41, 5.74) is -0.227. The van der Waals surface area contributed by atoms with Crippen LogP contribution in [0.2, 0.25) is 0 Å². The van der Waals surface area contributed by atoms with Gasteiger partial charge in [0.1, 0.15) is 0 Å². The molecule has 1 aromatic rings. The van der Waals surface area contributed by atoms with Crippen molar-refractivity contribution in [3.05, 3.63) is 42.0 Å². The Balaban J connectivity index is 2.04. The van der Waals surface area contributed by atoms with Gasteiger partial charge in [-0.1, -0.05) is 36.4 Å². The SMILES string of the molecule is O[C@@]1(C(F)(F)F)CC(/C=C/c2ccccc2)=NN1. The van der Waals surface area contributed by atoms with Crippen molar-refractivity contribution in [2.24, 2.45) is 5.10 Å². The van der Waals surface area contributed by atoms with Crippen molar-refractivity contribution in [1.82, 2.24) is 5.43 Å². The van der Waals surface area contributed by atoms with Crippen molar-refractivity contribution in [2.75, 3.05) is 0 Å². The second kappa shape index (κ2) is 4.45. The summed E-state index contributed by atoms with van der Waals surface area (Å²) in [4.78, 5) is 0. The minimum absolute atomic E-state index is 0.152. The number of halogens is 3. The highest BCUT2D eigenvalue weighted by Crippen LogP contribution is 2.33. The summed E-state index contributed by atoms with van der Waals surface area (Å²) in [6, 6.07) is 9.11. The summed E-state index contributed by atoms with van der Waals surface area (Å²) in [7, 11) is 0. The van der Waals surface area contributed by atoms with Gasteiger partial charge in [0.05, 0.1) is 12.1 Å². The van der Waals surface area contributed by atoms with E-state index in [0.717, 1.165) is 5.56 Å².